The Bertz CT molecular complexity index is 1160. The van der Waals surface area contributed by atoms with Crippen LogP contribution in [0.5, 0.6) is 0 Å². The molecule has 1 N–H and O–H groups in total. The largest absolute Gasteiger partial charge is 0.452 e. The van der Waals surface area contributed by atoms with E-state index >= 15 is 0 Å². The van der Waals surface area contributed by atoms with Crippen LogP contribution in [0.4, 0.5) is 5.69 Å². The van der Waals surface area contributed by atoms with Crippen molar-refractivity contribution in [2.45, 2.75) is 44.8 Å². The van der Waals surface area contributed by atoms with E-state index in [-0.39, 0.29) is 40.8 Å². The van der Waals surface area contributed by atoms with Gasteiger partial charge in [-0.1, -0.05) is 23.7 Å². The number of ether oxygens (including phenoxy) is 2. The van der Waals surface area contributed by atoms with E-state index < -0.39 is 28.5 Å². The fourth-order valence-corrected chi connectivity index (χ4v) is 5.66. The van der Waals surface area contributed by atoms with Gasteiger partial charge >= 0.3 is 5.97 Å². The number of rotatable bonds is 6. The molecule has 1 heterocycles. The summed E-state index contributed by atoms with van der Waals surface area (Å²) in [4.78, 5) is 24.6. The molecule has 0 spiro atoms. The zero-order valence-corrected chi connectivity index (χ0v) is 20.5. The van der Waals surface area contributed by atoms with Gasteiger partial charge in [0.05, 0.1) is 22.8 Å². The van der Waals surface area contributed by atoms with E-state index in [1.807, 2.05) is 32.0 Å². The summed E-state index contributed by atoms with van der Waals surface area (Å²) < 4.78 is 38.3. The number of benzene rings is 2. The number of anilines is 1. The van der Waals surface area contributed by atoms with Crippen molar-refractivity contribution >= 4 is 39.2 Å². The molecule has 8 nitrogen and oxygen atoms in total. The molecule has 33 heavy (non-hydrogen) atoms. The quantitative estimate of drug-likeness (QED) is 0.616. The van der Waals surface area contributed by atoms with Gasteiger partial charge < -0.3 is 14.8 Å². The molecule has 1 amide bonds. The number of aryl methyl sites for hydroxylation is 2. The molecule has 3 rings (SSSR count). The fourth-order valence-electron chi connectivity index (χ4n) is 3.57. The van der Waals surface area contributed by atoms with Gasteiger partial charge in [-0.2, -0.15) is 4.31 Å². The molecular formula is C23H27ClN2O6S. The zero-order chi connectivity index (χ0) is 24.3. The summed E-state index contributed by atoms with van der Waals surface area (Å²) in [7, 11) is -3.96. The minimum Gasteiger partial charge on any atom is -0.452 e. The van der Waals surface area contributed by atoms with E-state index in [1.165, 1.54) is 22.5 Å². The van der Waals surface area contributed by atoms with Gasteiger partial charge in [-0.05, 0) is 63.1 Å². The van der Waals surface area contributed by atoms with Gasteiger partial charge in [-0.15, -0.1) is 0 Å². The molecule has 0 radical (unpaired) electrons. The fraction of sp³-hybridized carbons (Fsp3) is 0.391. The number of halogens is 1. The van der Waals surface area contributed by atoms with Crippen molar-refractivity contribution in [1.82, 2.24) is 4.31 Å². The number of nitrogens with one attached hydrogen (secondary N) is 1. The van der Waals surface area contributed by atoms with Crippen LogP contribution in [-0.2, 0) is 24.3 Å². The molecule has 2 aromatic carbocycles. The smallest absolute Gasteiger partial charge is 0.338 e. The Kier molecular flexibility index (Phi) is 7.79. The molecule has 2 aromatic rings. The van der Waals surface area contributed by atoms with Crippen molar-refractivity contribution < 1.29 is 27.5 Å². The summed E-state index contributed by atoms with van der Waals surface area (Å²) in [6, 6.07) is 9.48. The maximum absolute atomic E-state index is 13.2. The lowest BCUT2D eigenvalue weighted by Crippen LogP contribution is -2.48. The van der Waals surface area contributed by atoms with Crippen LogP contribution in [0.1, 0.15) is 35.3 Å². The summed E-state index contributed by atoms with van der Waals surface area (Å²) in [6.45, 7) is 7.17. The van der Waals surface area contributed by atoms with Crippen LogP contribution in [0.15, 0.2) is 41.3 Å². The van der Waals surface area contributed by atoms with Crippen LogP contribution in [0.3, 0.4) is 0 Å². The molecule has 1 aliphatic rings. The lowest BCUT2D eigenvalue weighted by Gasteiger charge is -2.34. The van der Waals surface area contributed by atoms with E-state index in [2.05, 4.69) is 5.32 Å². The van der Waals surface area contributed by atoms with Gasteiger partial charge in [0.25, 0.3) is 5.91 Å². The summed E-state index contributed by atoms with van der Waals surface area (Å²) in [5.41, 5.74) is 2.46. The standard InChI is InChI=1S/C23H27ClN2O6S/c1-14-5-6-15(2)20(9-14)25-22(27)13-31-23(28)18-7-8-19(24)21(10-18)33(29,30)26-11-16(3)32-17(4)12-26/h5-10,16-17H,11-13H2,1-4H3,(H,25,27). The first-order valence-electron chi connectivity index (χ1n) is 10.5. The van der Waals surface area contributed by atoms with Gasteiger partial charge in [-0.25, -0.2) is 13.2 Å². The SMILES string of the molecule is Cc1ccc(C)c(NC(=O)COC(=O)c2ccc(Cl)c(S(=O)(=O)N3CC(C)OC(C)C3)c2)c1. The molecule has 0 aliphatic carbocycles. The van der Waals surface area contributed by atoms with E-state index in [9.17, 15) is 18.0 Å². The number of carbonyl (C=O) groups is 2. The van der Waals surface area contributed by atoms with Gasteiger partial charge in [0.15, 0.2) is 6.61 Å². The highest BCUT2D eigenvalue weighted by Crippen LogP contribution is 2.28. The number of hydrogen-bond donors (Lipinski definition) is 1. The summed E-state index contributed by atoms with van der Waals surface area (Å²) in [5.74, 6) is -1.34. The third-order valence-electron chi connectivity index (χ3n) is 5.17. The van der Waals surface area contributed by atoms with Gasteiger partial charge in [0, 0.05) is 18.8 Å². The van der Waals surface area contributed by atoms with Crippen LogP contribution in [-0.4, -0.2) is 56.5 Å². The number of nitrogens with zero attached hydrogens (tertiary/aromatic N) is 1. The van der Waals surface area contributed by atoms with Gasteiger partial charge in [-0.3, -0.25) is 4.79 Å². The van der Waals surface area contributed by atoms with Crippen LogP contribution in [0.25, 0.3) is 0 Å². The highest BCUT2D eigenvalue weighted by molar-refractivity contribution is 7.89. The van der Waals surface area contributed by atoms with Crippen molar-refractivity contribution in [2.75, 3.05) is 25.0 Å². The van der Waals surface area contributed by atoms with Gasteiger partial charge in [0.2, 0.25) is 10.0 Å². The third-order valence-corrected chi connectivity index (χ3v) is 7.49. The highest BCUT2D eigenvalue weighted by atomic mass is 35.5. The first kappa shape index (κ1) is 25.2. The Labute approximate surface area is 198 Å². The first-order valence-corrected chi connectivity index (χ1v) is 12.3. The average molecular weight is 495 g/mol. The minimum atomic E-state index is -3.96. The van der Waals surface area contributed by atoms with E-state index in [0.717, 1.165) is 11.1 Å². The Morgan fingerprint density at radius 2 is 1.79 bits per heavy atom. The Hall–Kier alpha value is -2.46. The van der Waals surface area contributed by atoms with Crippen LogP contribution in [0, 0.1) is 13.8 Å². The third kappa shape index (κ3) is 6.11. The maximum Gasteiger partial charge on any atom is 0.338 e. The second kappa shape index (κ2) is 10.2. The predicted octanol–water partition coefficient (Wildman–Crippen LogP) is 3.55. The second-order valence-corrected chi connectivity index (χ2v) is 10.5. The van der Waals surface area contributed by atoms with Gasteiger partial charge in [0.1, 0.15) is 4.90 Å². The average Bonchev–Trinajstić information content (AvgIpc) is 2.74. The normalized spacial score (nSPS) is 19.2. The summed E-state index contributed by atoms with van der Waals surface area (Å²) in [6.07, 6.45) is -0.544. The molecule has 2 atom stereocenters. The van der Waals surface area contributed by atoms with Crippen molar-refractivity contribution in [2.24, 2.45) is 0 Å². The second-order valence-electron chi connectivity index (χ2n) is 8.17. The number of carbonyl (C=O) groups excluding carboxylic acids is 2. The first-order chi connectivity index (χ1) is 15.5. The van der Waals surface area contributed by atoms with Crippen molar-refractivity contribution in [1.29, 1.82) is 0 Å². The van der Waals surface area contributed by atoms with Crippen LogP contribution < -0.4 is 5.32 Å². The summed E-state index contributed by atoms with van der Waals surface area (Å²) >= 11 is 6.17. The number of sulfonamides is 1. The Morgan fingerprint density at radius 3 is 2.45 bits per heavy atom. The molecule has 0 aromatic heterocycles. The number of amides is 1. The molecule has 1 aliphatic heterocycles. The van der Waals surface area contributed by atoms with Crippen LogP contribution >= 0.6 is 11.6 Å². The molecule has 1 saturated heterocycles. The molecule has 1 fully saturated rings. The molecule has 0 saturated carbocycles. The molecule has 0 bridgehead atoms. The molecular weight excluding hydrogens is 468 g/mol. The minimum absolute atomic E-state index is 0.00832. The molecule has 2 unspecified atom stereocenters. The number of morpholine rings is 1. The van der Waals surface area contributed by atoms with E-state index in [0.29, 0.717) is 5.69 Å². The van der Waals surface area contributed by atoms with Crippen molar-refractivity contribution in [3.8, 4) is 0 Å². The maximum atomic E-state index is 13.2. The van der Waals surface area contributed by atoms with E-state index in [4.69, 9.17) is 21.1 Å². The van der Waals surface area contributed by atoms with Crippen LogP contribution in [0.2, 0.25) is 5.02 Å². The van der Waals surface area contributed by atoms with Crippen molar-refractivity contribution in [3.63, 3.8) is 0 Å². The Balaban J connectivity index is 1.71. The monoisotopic (exact) mass is 494 g/mol. The lowest BCUT2D eigenvalue weighted by atomic mass is 10.1. The topological polar surface area (TPSA) is 102 Å². The highest BCUT2D eigenvalue weighted by Gasteiger charge is 2.34. The number of esters is 1. The molecule has 178 valence electrons. The van der Waals surface area contributed by atoms with E-state index in [1.54, 1.807) is 13.8 Å². The Morgan fingerprint density at radius 1 is 1.12 bits per heavy atom. The van der Waals surface area contributed by atoms with Crippen molar-refractivity contribution in [3.05, 3.63) is 58.1 Å². The summed E-state index contributed by atoms with van der Waals surface area (Å²) in [5, 5.41) is 2.69. The zero-order valence-electron chi connectivity index (χ0n) is 18.9. The molecule has 10 heteroatoms. The predicted molar refractivity (Wildman–Crippen MR) is 125 cm³/mol. The number of hydrogen-bond acceptors (Lipinski definition) is 6. The lowest BCUT2D eigenvalue weighted by molar-refractivity contribution is -0.119.